The molecule has 2 fully saturated rings. The van der Waals surface area contributed by atoms with Gasteiger partial charge < -0.3 is 9.64 Å². The van der Waals surface area contributed by atoms with Crippen molar-refractivity contribution in [2.45, 2.75) is 51.6 Å². The zero-order chi connectivity index (χ0) is 20.4. The van der Waals surface area contributed by atoms with Crippen LogP contribution in [0, 0.1) is 0 Å². The number of H-pyrrole nitrogens is 1. The number of ether oxygens (including phenoxy) is 1. The van der Waals surface area contributed by atoms with Crippen LogP contribution >= 0.6 is 0 Å². The molecule has 2 aromatic rings. The van der Waals surface area contributed by atoms with Crippen molar-refractivity contribution in [1.82, 2.24) is 24.9 Å². The van der Waals surface area contributed by atoms with Crippen molar-refractivity contribution in [2.75, 3.05) is 44.3 Å². The molecule has 29 heavy (non-hydrogen) atoms. The number of nitrogens with zero attached hydrogens (tertiary/aromatic N) is 5. The Labute approximate surface area is 171 Å². The third kappa shape index (κ3) is 4.53. The molecule has 0 aliphatic carbocycles. The summed E-state index contributed by atoms with van der Waals surface area (Å²) < 4.78 is 7.07. The van der Waals surface area contributed by atoms with Crippen molar-refractivity contribution < 1.29 is 4.74 Å². The zero-order valence-corrected chi connectivity index (χ0v) is 17.7. The highest BCUT2D eigenvalue weighted by Gasteiger charge is 2.26. The van der Waals surface area contributed by atoms with Gasteiger partial charge in [0.15, 0.2) is 0 Å². The number of anilines is 1. The van der Waals surface area contributed by atoms with E-state index in [0.29, 0.717) is 13.2 Å². The number of piperidine rings is 1. The van der Waals surface area contributed by atoms with Crippen LogP contribution in [0.15, 0.2) is 23.3 Å². The Hall–Kier alpha value is -2.19. The van der Waals surface area contributed by atoms with E-state index in [9.17, 15) is 4.79 Å². The smallest absolute Gasteiger partial charge is 0.269 e. The predicted molar refractivity (Wildman–Crippen MR) is 112 cm³/mol. The molecule has 8 heteroatoms. The maximum absolute atomic E-state index is 12.8. The minimum Gasteiger partial charge on any atom is -0.378 e. The highest BCUT2D eigenvalue weighted by atomic mass is 16.5. The van der Waals surface area contributed by atoms with Gasteiger partial charge in [0, 0.05) is 48.9 Å². The van der Waals surface area contributed by atoms with E-state index in [1.807, 2.05) is 12.4 Å². The number of morpholine rings is 1. The third-order valence-corrected chi connectivity index (χ3v) is 5.88. The molecule has 4 heterocycles. The second kappa shape index (κ2) is 8.28. The summed E-state index contributed by atoms with van der Waals surface area (Å²) in [7, 11) is 0. The first-order valence-corrected chi connectivity index (χ1v) is 10.6. The Morgan fingerprint density at radius 1 is 1.21 bits per heavy atom. The maximum atomic E-state index is 12.8. The molecular weight excluding hydrogens is 368 g/mol. The van der Waals surface area contributed by atoms with E-state index in [4.69, 9.17) is 4.74 Å². The molecular formula is C21H32N6O2. The summed E-state index contributed by atoms with van der Waals surface area (Å²) in [6.45, 7) is 12.3. The predicted octanol–water partition coefficient (Wildman–Crippen LogP) is 1.94. The number of rotatable bonds is 4. The van der Waals surface area contributed by atoms with E-state index in [1.54, 1.807) is 10.7 Å². The molecule has 0 spiro atoms. The van der Waals surface area contributed by atoms with Crippen molar-refractivity contribution >= 4 is 5.69 Å². The van der Waals surface area contributed by atoms with Gasteiger partial charge >= 0.3 is 0 Å². The number of likely N-dealkylation sites (tertiary alicyclic amines) is 1. The fourth-order valence-electron chi connectivity index (χ4n) is 4.37. The normalized spacial score (nSPS) is 21.5. The van der Waals surface area contributed by atoms with Crippen LogP contribution in [-0.2, 0) is 16.7 Å². The van der Waals surface area contributed by atoms with E-state index in [2.05, 4.69) is 45.9 Å². The van der Waals surface area contributed by atoms with Gasteiger partial charge in [0.05, 0.1) is 37.3 Å². The summed E-state index contributed by atoms with van der Waals surface area (Å²) in [4.78, 5) is 17.4. The average Bonchev–Trinajstić information content (AvgIpc) is 3.17. The van der Waals surface area contributed by atoms with Gasteiger partial charge in [-0.3, -0.25) is 14.8 Å². The van der Waals surface area contributed by atoms with Gasteiger partial charge in [-0.05, 0) is 19.4 Å². The molecule has 1 unspecified atom stereocenters. The number of nitrogens with one attached hydrogen (secondary N) is 1. The lowest BCUT2D eigenvalue weighted by molar-refractivity contribution is 0.122. The second-order valence-electron chi connectivity index (χ2n) is 9.15. The van der Waals surface area contributed by atoms with Crippen LogP contribution in [0.4, 0.5) is 5.69 Å². The molecule has 158 valence electrons. The molecule has 2 aliphatic rings. The molecule has 2 saturated heterocycles. The van der Waals surface area contributed by atoms with Crippen LogP contribution in [0.2, 0.25) is 0 Å². The lowest BCUT2D eigenvalue weighted by atomic mass is 9.89. The molecule has 1 atom stereocenters. The van der Waals surface area contributed by atoms with Crippen LogP contribution < -0.4 is 10.5 Å². The summed E-state index contributed by atoms with van der Waals surface area (Å²) in [5.41, 5.74) is 3.34. The van der Waals surface area contributed by atoms with Crippen molar-refractivity contribution in [3.63, 3.8) is 0 Å². The molecule has 8 nitrogen and oxygen atoms in total. The largest absolute Gasteiger partial charge is 0.378 e. The van der Waals surface area contributed by atoms with E-state index in [1.165, 1.54) is 11.3 Å². The third-order valence-electron chi connectivity index (χ3n) is 5.88. The monoisotopic (exact) mass is 400 g/mol. The Balaban J connectivity index is 1.46. The van der Waals surface area contributed by atoms with E-state index < -0.39 is 0 Å². The molecule has 0 bridgehead atoms. The van der Waals surface area contributed by atoms with Gasteiger partial charge in [-0.25, -0.2) is 4.68 Å². The van der Waals surface area contributed by atoms with Gasteiger partial charge in [0.1, 0.15) is 0 Å². The van der Waals surface area contributed by atoms with Crippen LogP contribution in [-0.4, -0.2) is 64.3 Å². The molecule has 4 rings (SSSR count). The summed E-state index contributed by atoms with van der Waals surface area (Å²) in [6, 6.07) is 1.84. The highest BCUT2D eigenvalue weighted by Crippen LogP contribution is 2.27. The summed E-state index contributed by atoms with van der Waals surface area (Å²) in [6.07, 6.45) is 5.82. The van der Waals surface area contributed by atoms with Gasteiger partial charge in [0.2, 0.25) is 0 Å². The van der Waals surface area contributed by atoms with Gasteiger partial charge in [-0.2, -0.15) is 10.2 Å². The Kier molecular flexibility index (Phi) is 5.74. The van der Waals surface area contributed by atoms with Gasteiger partial charge in [-0.15, -0.1) is 0 Å². The van der Waals surface area contributed by atoms with Crippen LogP contribution in [0.3, 0.4) is 0 Å². The minimum atomic E-state index is -0.0143. The van der Waals surface area contributed by atoms with Crippen molar-refractivity contribution in [3.8, 4) is 0 Å². The zero-order valence-electron chi connectivity index (χ0n) is 17.7. The average molecular weight is 401 g/mol. The molecule has 2 aliphatic heterocycles. The van der Waals surface area contributed by atoms with Crippen LogP contribution in [0.5, 0.6) is 0 Å². The summed E-state index contributed by atoms with van der Waals surface area (Å²) in [5, 5.41) is 12.0. The molecule has 0 saturated carbocycles. The fraction of sp³-hybridized carbons (Fsp3) is 0.667. The highest BCUT2D eigenvalue weighted by molar-refractivity contribution is 5.43. The SMILES string of the molecule is CC(C)(C)c1[nH]ncc1CN1CCCC(n2ncc(N3CCOCC3)cc2=O)C1. The van der Waals surface area contributed by atoms with Crippen molar-refractivity contribution in [1.29, 1.82) is 0 Å². The molecule has 1 N–H and O–H groups in total. The molecule has 0 amide bonds. The number of aromatic amines is 1. The van der Waals surface area contributed by atoms with Crippen molar-refractivity contribution in [3.05, 3.63) is 40.1 Å². The lowest BCUT2D eigenvalue weighted by Gasteiger charge is -2.34. The Morgan fingerprint density at radius 3 is 2.72 bits per heavy atom. The molecule has 0 radical (unpaired) electrons. The molecule has 0 aromatic carbocycles. The van der Waals surface area contributed by atoms with Gasteiger partial charge in [0.25, 0.3) is 5.56 Å². The standard InChI is InChI=1S/C21H32N6O2/c1-21(2,3)20-16(12-22-24-20)14-25-6-4-5-17(15-25)27-19(28)11-18(13-23-27)26-7-9-29-10-8-26/h11-13,17H,4-10,14-15H2,1-3H3,(H,22,24). The van der Waals surface area contributed by atoms with Crippen molar-refractivity contribution in [2.24, 2.45) is 0 Å². The Morgan fingerprint density at radius 2 is 2.00 bits per heavy atom. The first-order chi connectivity index (χ1) is 13.9. The second-order valence-corrected chi connectivity index (χ2v) is 9.15. The van der Waals surface area contributed by atoms with Crippen LogP contribution in [0.1, 0.15) is 50.9 Å². The fourth-order valence-corrected chi connectivity index (χ4v) is 4.37. The molecule has 2 aromatic heterocycles. The summed E-state index contributed by atoms with van der Waals surface area (Å²) in [5.74, 6) is 0. The first kappa shape index (κ1) is 20.1. The van der Waals surface area contributed by atoms with E-state index in [0.717, 1.165) is 51.3 Å². The maximum Gasteiger partial charge on any atom is 0.269 e. The topological polar surface area (TPSA) is 79.3 Å². The number of hydrogen-bond donors (Lipinski definition) is 1. The first-order valence-electron chi connectivity index (χ1n) is 10.6. The summed E-state index contributed by atoms with van der Waals surface area (Å²) >= 11 is 0. The Bertz CT molecular complexity index is 878. The number of hydrogen-bond acceptors (Lipinski definition) is 6. The lowest BCUT2D eigenvalue weighted by Crippen LogP contribution is -2.41. The van der Waals surface area contributed by atoms with E-state index >= 15 is 0 Å². The number of aromatic nitrogens is 4. The van der Waals surface area contributed by atoms with Crippen LogP contribution in [0.25, 0.3) is 0 Å². The minimum absolute atomic E-state index is 0.0143. The van der Waals surface area contributed by atoms with E-state index in [-0.39, 0.29) is 17.0 Å². The quantitative estimate of drug-likeness (QED) is 0.845. The van der Waals surface area contributed by atoms with Gasteiger partial charge in [-0.1, -0.05) is 20.8 Å².